The van der Waals surface area contributed by atoms with Crippen LogP contribution in [0, 0.1) is 11.8 Å². The lowest BCUT2D eigenvalue weighted by Crippen LogP contribution is -2.50. The summed E-state index contributed by atoms with van der Waals surface area (Å²) < 4.78 is 0. The van der Waals surface area contributed by atoms with Crippen LogP contribution in [0.15, 0.2) is 0 Å². The van der Waals surface area contributed by atoms with Gasteiger partial charge in [0.05, 0.1) is 0 Å². The van der Waals surface area contributed by atoms with Crippen LogP contribution in [-0.4, -0.2) is 29.2 Å². The van der Waals surface area contributed by atoms with Gasteiger partial charge in [0.2, 0.25) is 0 Å². The van der Waals surface area contributed by atoms with Gasteiger partial charge >= 0.3 is 12.0 Å². The molecule has 5 heteroatoms. The standard InChI is InChI=1S/C15H28N2O3/c1-4-11-6-5-7-12(9-11)16-15(20)17-13(14(18)19)8-10(2)3/h10-13H,4-9H2,1-3H3,(H,18,19)(H2,16,17,20). The Hall–Kier alpha value is -1.26. The summed E-state index contributed by atoms with van der Waals surface area (Å²) in [4.78, 5) is 23.0. The summed E-state index contributed by atoms with van der Waals surface area (Å²) in [5.41, 5.74) is 0. The Kier molecular flexibility index (Phi) is 6.82. The highest BCUT2D eigenvalue weighted by atomic mass is 16.4. The van der Waals surface area contributed by atoms with Gasteiger partial charge in [-0.05, 0) is 31.1 Å². The molecular weight excluding hydrogens is 256 g/mol. The molecule has 3 N–H and O–H groups in total. The number of hydrogen-bond acceptors (Lipinski definition) is 2. The minimum atomic E-state index is -0.969. The van der Waals surface area contributed by atoms with E-state index in [4.69, 9.17) is 5.11 Å². The van der Waals surface area contributed by atoms with Crippen molar-refractivity contribution in [2.45, 2.75) is 71.4 Å². The Morgan fingerprint density at radius 2 is 2.00 bits per heavy atom. The summed E-state index contributed by atoms with van der Waals surface area (Å²) in [7, 11) is 0. The van der Waals surface area contributed by atoms with Crippen LogP contribution in [0.4, 0.5) is 4.79 Å². The van der Waals surface area contributed by atoms with E-state index in [-0.39, 0.29) is 18.0 Å². The maximum absolute atomic E-state index is 11.9. The molecule has 1 rings (SSSR count). The topological polar surface area (TPSA) is 78.4 Å². The number of urea groups is 1. The molecule has 5 nitrogen and oxygen atoms in total. The first-order chi connectivity index (χ1) is 9.42. The molecule has 0 radical (unpaired) electrons. The second-order valence-electron chi connectivity index (χ2n) is 6.28. The summed E-state index contributed by atoms with van der Waals surface area (Å²) in [5.74, 6) is -0.0561. The maximum Gasteiger partial charge on any atom is 0.326 e. The van der Waals surface area contributed by atoms with Gasteiger partial charge in [-0.1, -0.05) is 40.0 Å². The molecule has 0 aromatic rings. The van der Waals surface area contributed by atoms with Crippen molar-refractivity contribution in [3.05, 3.63) is 0 Å². The number of hydrogen-bond donors (Lipinski definition) is 3. The zero-order chi connectivity index (χ0) is 15.1. The average molecular weight is 284 g/mol. The van der Waals surface area contributed by atoms with E-state index in [9.17, 15) is 9.59 Å². The minimum Gasteiger partial charge on any atom is -0.480 e. The Morgan fingerprint density at radius 1 is 1.30 bits per heavy atom. The van der Waals surface area contributed by atoms with Crippen LogP contribution in [0.1, 0.15) is 59.3 Å². The summed E-state index contributed by atoms with van der Waals surface area (Å²) in [5, 5.41) is 14.6. The molecule has 0 bridgehead atoms. The fourth-order valence-electron chi connectivity index (χ4n) is 2.87. The van der Waals surface area contributed by atoms with Crippen molar-refractivity contribution >= 4 is 12.0 Å². The molecule has 1 fully saturated rings. The first-order valence-electron chi connectivity index (χ1n) is 7.72. The highest BCUT2D eigenvalue weighted by molar-refractivity contribution is 5.82. The SMILES string of the molecule is CCC1CCCC(NC(=O)NC(CC(C)C)C(=O)O)C1. The molecule has 3 unspecified atom stereocenters. The largest absolute Gasteiger partial charge is 0.480 e. The predicted molar refractivity (Wildman–Crippen MR) is 78.6 cm³/mol. The van der Waals surface area contributed by atoms with Gasteiger partial charge in [-0.25, -0.2) is 9.59 Å². The van der Waals surface area contributed by atoms with Crippen LogP contribution in [0.3, 0.4) is 0 Å². The van der Waals surface area contributed by atoms with E-state index in [0.717, 1.165) is 25.7 Å². The highest BCUT2D eigenvalue weighted by Crippen LogP contribution is 2.26. The van der Waals surface area contributed by atoms with Gasteiger partial charge in [-0.2, -0.15) is 0 Å². The Morgan fingerprint density at radius 3 is 2.55 bits per heavy atom. The molecule has 1 aliphatic carbocycles. The summed E-state index contributed by atoms with van der Waals surface area (Å²) in [6.07, 6.45) is 5.97. The molecular formula is C15H28N2O3. The fourth-order valence-corrected chi connectivity index (χ4v) is 2.87. The number of amides is 2. The normalized spacial score (nSPS) is 24.2. The van der Waals surface area contributed by atoms with Crippen molar-refractivity contribution in [2.24, 2.45) is 11.8 Å². The number of carboxylic acids is 1. The van der Waals surface area contributed by atoms with E-state index >= 15 is 0 Å². The first kappa shape index (κ1) is 16.8. The number of nitrogens with one attached hydrogen (secondary N) is 2. The smallest absolute Gasteiger partial charge is 0.326 e. The van der Waals surface area contributed by atoms with Gasteiger partial charge in [0.25, 0.3) is 0 Å². The Bertz CT molecular complexity index is 331. The van der Waals surface area contributed by atoms with Crippen molar-refractivity contribution in [1.82, 2.24) is 10.6 Å². The first-order valence-corrected chi connectivity index (χ1v) is 7.72. The number of carbonyl (C=O) groups excluding carboxylic acids is 1. The lowest BCUT2D eigenvalue weighted by Gasteiger charge is -2.29. The van der Waals surface area contributed by atoms with Gasteiger partial charge in [-0.15, -0.1) is 0 Å². The molecule has 0 saturated heterocycles. The van der Waals surface area contributed by atoms with Gasteiger partial charge in [0.15, 0.2) is 0 Å². The van der Waals surface area contributed by atoms with Crippen molar-refractivity contribution in [2.75, 3.05) is 0 Å². The second kappa shape index (κ2) is 8.12. The lowest BCUT2D eigenvalue weighted by molar-refractivity contribution is -0.139. The van der Waals surface area contributed by atoms with E-state index in [1.165, 1.54) is 6.42 Å². The zero-order valence-electron chi connectivity index (χ0n) is 12.8. The third-order valence-electron chi connectivity index (χ3n) is 4.01. The predicted octanol–water partition coefficient (Wildman–Crippen LogP) is 2.75. The molecule has 20 heavy (non-hydrogen) atoms. The van der Waals surface area contributed by atoms with Crippen LogP contribution >= 0.6 is 0 Å². The molecule has 116 valence electrons. The number of aliphatic carboxylic acids is 1. The van der Waals surface area contributed by atoms with Gasteiger partial charge in [-0.3, -0.25) is 0 Å². The van der Waals surface area contributed by atoms with Crippen molar-refractivity contribution in [3.63, 3.8) is 0 Å². The number of carboxylic acid groups (broad SMARTS) is 1. The maximum atomic E-state index is 11.9. The van der Waals surface area contributed by atoms with Crippen LogP contribution in [0.25, 0.3) is 0 Å². The zero-order valence-corrected chi connectivity index (χ0v) is 12.8. The Labute approximate surface area is 121 Å². The van der Waals surface area contributed by atoms with E-state index < -0.39 is 12.0 Å². The van der Waals surface area contributed by atoms with Crippen molar-refractivity contribution < 1.29 is 14.7 Å². The highest BCUT2D eigenvalue weighted by Gasteiger charge is 2.25. The van der Waals surface area contributed by atoms with Crippen LogP contribution in [0.5, 0.6) is 0 Å². The van der Waals surface area contributed by atoms with Crippen LogP contribution in [-0.2, 0) is 4.79 Å². The Balaban J connectivity index is 2.42. The molecule has 0 aromatic heterocycles. The van der Waals surface area contributed by atoms with E-state index in [1.807, 2.05) is 13.8 Å². The molecule has 0 aromatic carbocycles. The molecule has 2 amide bonds. The fraction of sp³-hybridized carbons (Fsp3) is 0.867. The molecule has 1 saturated carbocycles. The van der Waals surface area contributed by atoms with Crippen molar-refractivity contribution in [3.8, 4) is 0 Å². The van der Waals surface area contributed by atoms with E-state index in [2.05, 4.69) is 17.6 Å². The summed E-state index contributed by atoms with van der Waals surface area (Å²) >= 11 is 0. The molecule has 1 aliphatic rings. The summed E-state index contributed by atoms with van der Waals surface area (Å²) in [6.45, 7) is 6.07. The van der Waals surface area contributed by atoms with E-state index in [0.29, 0.717) is 12.3 Å². The van der Waals surface area contributed by atoms with Crippen molar-refractivity contribution in [1.29, 1.82) is 0 Å². The number of rotatable bonds is 6. The monoisotopic (exact) mass is 284 g/mol. The molecule has 3 atom stereocenters. The quantitative estimate of drug-likeness (QED) is 0.701. The van der Waals surface area contributed by atoms with Gasteiger partial charge in [0, 0.05) is 6.04 Å². The lowest BCUT2D eigenvalue weighted by atomic mass is 9.84. The molecule has 0 spiro atoms. The van der Waals surface area contributed by atoms with Gasteiger partial charge < -0.3 is 15.7 Å². The molecule has 0 heterocycles. The molecule has 0 aliphatic heterocycles. The van der Waals surface area contributed by atoms with E-state index in [1.54, 1.807) is 0 Å². The van der Waals surface area contributed by atoms with Gasteiger partial charge in [0.1, 0.15) is 6.04 Å². The van der Waals surface area contributed by atoms with Crippen LogP contribution < -0.4 is 10.6 Å². The van der Waals surface area contributed by atoms with Crippen LogP contribution in [0.2, 0.25) is 0 Å². The average Bonchev–Trinajstić information content (AvgIpc) is 2.37. The number of carbonyl (C=O) groups is 2. The third-order valence-corrected chi connectivity index (χ3v) is 4.01. The minimum absolute atomic E-state index is 0.183. The third kappa shape index (κ3) is 5.80. The second-order valence-corrected chi connectivity index (χ2v) is 6.28. The summed E-state index contributed by atoms with van der Waals surface area (Å²) in [6, 6.07) is -0.970.